The van der Waals surface area contributed by atoms with E-state index in [-0.39, 0.29) is 18.1 Å². The van der Waals surface area contributed by atoms with Crippen LogP contribution < -0.4 is 0 Å². The van der Waals surface area contributed by atoms with Crippen LogP contribution in [0.5, 0.6) is 0 Å². The first-order chi connectivity index (χ1) is 9.06. The number of rotatable bonds is 4. The largest absolute Gasteiger partial charge is 0.389 e. The van der Waals surface area contributed by atoms with Gasteiger partial charge in [0.2, 0.25) is 0 Å². The summed E-state index contributed by atoms with van der Waals surface area (Å²) < 4.78 is 0. The predicted molar refractivity (Wildman–Crippen MR) is 65.2 cm³/mol. The van der Waals surface area contributed by atoms with Crippen molar-refractivity contribution in [3.8, 4) is 0 Å². The van der Waals surface area contributed by atoms with Gasteiger partial charge in [0.15, 0.2) is 5.78 Å². The Morgan fingerprint density at radius 3 is 2.68 bits per heavy atom. The number of benzene rings is 1. The van der Waals surface area contributed by atoms with Crippen LogP contribution in [0.2, 0.25) is 0 Å². The van der Waals surface area contributed by atoms with Gasteiger partial charge >= 0.3 is 0 Å². The molecule has 1 saturated heterocycles. The smallest absolute Gasteiger partial charge is 0.269 e. The molecule has 100 valence electrons. The number of carbonyl (C=O) groups is 1. The Hall–Kier alpha value is -2.25. The lowest BCUT2D eigenvalue weighted by Gasteiger charge is -2.08. The minimum Gasteiger partial charge on any atom is -0.389 e. The molecule has 0 spiro atoms. The number of aliphatic hydroxyl groups is 1. The van der Waals surface area contributed by atoms with Crippen LogP contribution in [-0.2, 0) is 4.84 Å². The summed E-state index contributed by atoms with van der Waals surface area (Å²) in [6.07, 6.45) is 2.17. The molecule has 1 aliphatic heterocycles. The van der Waals surface area contributed by atoms with Gasteiger partial charge in [0, 0.05) is 30.0 Å². The molecule has 1 atom stereocenters. The molecule has 0 bridgehead atoms. The maximum Gasteiger partial charge on any atom is 0.269 e. The Labute approximate surface area is 108 Å². The maximum atomic E-state index is 11.8. The topological polar surface area (TPSA) is 92.9 Å². The number of hydroxylamine groups is 2. The summed E-state index contributed by atoms with van der Waals surface area (Å²) in [6.45, 7) is 0.514. The van der Waals surface area contributed by atoms with Crippen LogP contribution in [0.3, 0.4) is 0 Å². The number of hydrogen-bond donors (Lipinski definition) is 1. The Morgan fingerprint density at radius 2 is 2.16 bits per heavy atom. The molecule has 0 radical (unpaired) electrons. The number of carbonyl (C=O) groups excluding carboxylic acids is 1. The second kappa shape index (κ2) is 5.59. The zero-order valence-electron chi connectivity index (χ0n) is 9.93. The Morgan fingerprint density at radius 1 is 1.47 bits per heavy atom. The van der Waals surface area contributed by atoms with E-state index >= 15 is 0 Å². The fourth-order valence-corrected chi connectivity index (χ4v) is 1.59. The molecule has 0 saturated carbocycles. The lowest BCUT2D eigenvalue weighted by molar-refractivity contribution is -0.384. The van der Waals surface area contributed by atoms with Gasteiger partial charge in [-0.15, -0.1) is 0 Å². The molecule has 1 N–H and O–H groups in total. The molecule has 1 aromatic rings. The van der Waals surface area contributed by atoms with Crippen molar-refractivity contribution in [1.82, 2.24) is 5.06 Å². The molecule has 2 rings (SSSR count). The highest BCUT2D eigenvalue weighted by molar-refractivity contribution is 6.04. The van der Waals surface area contributed by atoms with E-state index in [1.165, 1.54) is 41.6 Å². The van der Waals surface area contributed by atoms with Crippen molar-refractivity contribution in [2.24, 2.45) is 0 Å². The van der Waals surface area contributed by atoms with Gasteiger partial charge in [0.05, 0.1) is 17.6 Å². The van der Waals surface area contributed by atoms with Crippen LogP contribution >= 0.6 is 0 Å². The summed E-state index contributed by atoms with van der Waals surface area (Å²) in [5.74, 6) is -0.292. The lowest BCUT2D eigenvalue weighted by atomic mass is 10.1. The summed E-state index contributed by atoms with van der Waals surface area (Å²) in [6, 6.07) is 5.34. The minimum absolute atomic E-state index is 0.0634. The zero-order chi connectivity index (χ0) is 13.8. The van der Waals surface area contributed by atoms with Crippen molar-refractivity contribution >= 4 is 11.5 Å². The van der Waals surface area contributed by atoms with Crippen LogP contribution in [0.1, 0.15) is 10.4 Å². The maximum absolute atomic E-state index is 11.8. The third-order valence-corrected chi connectivity index (χ3v) is 2.58. The van der Waals surface area contributed by atoms with Gasteiger partial charge in [-0.25, -0.2) is 0 Å². The molecule has 0 aromatic heterocycles. The van der Waals surface area contributed by atoms with E-state index in [4.69, 9.17) is 4.84 Å². The summed E-state index contributed by atoms with van der Waals surface area (Å²) in [4.78, 5) is 26.8. The molecule has 1 aliphatic rings. The third-order valence-electron chi connectivity index (χ3n) is 2.58. The number of nitro groups is 1. The van der Waals surface area contributed by atoms with Crippen molar-refractivity contribution in [3.63, 3.8) is 0 Å². The van der Waals surface area contributed by atoms with E-state index in [1.807, 2.05) is 0 Å². The Kier molecular flexibility index (Phi) is 3.88. The summed E-state index contributed by atoms with van der Waals surface area (Å²) in [7, 11) is 0. The van der Waals surface area contributed by atoms with Crippen molar-refractivity contribution in [2.75, 3.05) is 13.2 Å². The minimum atomic E-state index is -0.556. The first-order valence-electron chi connectivity index (χ1n) is 5.61. The molecule has 0 aliphatic carbocycles. The monoisotopic (exact) mass is 264 g/mol. The molecule has 1 heterocycles. The number of nitrogens with zero attached hydrogens (tertiary/aromatic N) is 2. The predicted octanol–water partition coefficient (Wildman–Crippen LogP) is 0.899. The van der Waals surface area contributed by atoms with E-state index in [0.717, 1.165) is 0 Å². The number of ketones is 1. The van der Waals surface area contributed by atoms with Crippen LogP contribution in [-0.4, -0.2) is 40.1 Å². The first kappa shape index (κ1) is 13.2. The highest BCUT2D eigenvalue weighted by atomic mass is 16.7. The van der Waals surface area contributed by atoms with Crippen LogP contribution in [0.25, 0.3) is 0 Å². The number of β-amino-alcohol motifs (C(OH)–C–C–N with tert-alkyl or cyclic N) is 1. The fraction of sp³-hybridized carbons (Fsp3) is 0.250. The number of aliphatic hydroxyl groups excluding tert-OH is 1. The molecule has 1 aromatic carbocycles. The molecule has 0 amide bonds. The third kappa shape index (κ3) is 3.36. The van der Waals surface area contributed by atoms with Gasteiger partial charge in [-0.2, -0.15) is 0 Å². The van der Waals surface area contributed by atoms with Gasteiger partial charge in [-0.3, -0.25) is 24.8 Å². The molecule has 19 heavy (non-hydrogen) atoms. The number of nitro benzene ring substituents is 1. The molecular formula is C12H12N2O5. The number of allylic oxidation sites excluding steroid dienone is 1. The van der Waals surface area contributed by atoms with Crippen LogP contribution in [0.4, 0.5) is 5.69 Å². The van der Waals surface area contributed by atoms with Gasteiger partial charge < -0.3 is 5.11 Å². The van der Waals surface area contributed by atoms with Crippen LogP contribution in [0.15, 0.2) is 36.5 Å². The van der Waals surface area contributed by atoms with Crippen molar-refractivity contribution in [2.45, 2.75) is 6.10 Å². The summed E-state index contributed by atoms with van der Waals surface area (Å²) in [5.41, 5.74) is 0.285. The first-order valence-corrected chi connectivity index (χ1v) is 5.61. The quantitative estimate of drug-likeness (QED) is 0.376. The highest BCUT2D eigenvalue weighted by Crippen LogP contribution is 2.13. The Bertz CT molecular complexity index is 511. The van der Waals surface area contributed by atoms with E-state index in [1.54, 1.807) is 0 Å². The summed E-state index contributed by atoms with van der Waals surface area (Å²) in [5, 5.41) is 21.1. The number of non-ortho nitro benzene ring substituents is 1. The molecule has 7 heteroatoms. The van der Waals surface area contributed by atoms with Gasteiger partial charge in [0.25, 0.3) is 5.69 Å². The average Bonchev–Trinajstić information content (AvgIpc) is 2.82. The SMILES string of the molecule is O=C(/C=C\N1CC(O)CO1)c1ccc([N+](=O)[O-])cc1. The Balaban J connectivity index is 1.99. The lowest BCUT2D eigenvalue weighted by Crippen LogP contribution is -2.15. The van der Waals surface area contributed by atoms with Gasteiger partial charge in [0.1, 0.15) is 6.61 Å². The second-order valence-corrected chi connectivity index (χ2v) is 4.03. The molecular weight excluding hydrogens is 252 g/mol. The normalized spacial score (nSPS) is 19.0. The fourth-order valence-electron chi connectivity index (χ4n) is 1.59. The molecule has 1 fully saturated rings. The molecule has 7 nitrogen and oxygen atoms in total. The van der Waals surface area contributed by atoms with E-state index < -0.39 is 11.0 Å². The van der Waals surface area contributed by atoms with Crippen molar-refractivity contribution < 1.29 is 19.7 Å². The van der Waals surface area contributed by atoms with E-state index in [0.29, 0.717) is 12.1 Å². The van der Waals surface area contributed by atoms with Crippen molar-refractivity contribution in [1.29, 1.82) is 0 Å². The van der Waals surface area contributed by atoms with Crippen molar-refractivity contribution in [3.05, 3.63) is 52.2 Å². The number of hydrogen-bond acceptors (Lipinski definition) is 6. The zero-order valence-corrected chi connectivity index (χ0v) is 9.93. The highest BCUT2D eigenvalue weighted by Gasteiger charge is 2.18. The van der Waals surface area contributed by atoms with Gasteiger partial charge in [-0.1, -0.05) is 0 Å². The van der Waals surface area contributed by atoms with E-state index in [2.05, 4.69) is 0 Å². The van der Waals surface area contributed by atoms with Crippen LogP contribution in [0, 0.1) is 10.1 Å². The standard InChI is InChI=1S/C12H12N2O5/c15-11-7-13(19-8-11)6-5-12(16)9-1-3-10(4-2-9)14(17)18/h1-6,11,15H,7-8H2/b6-5-. The molecule has 1 unspecified atom stereocenters. The van der Waals surface area contributed by atoms with E-state index in [9.17, 15) is 20.0 Å². The van der Waals surface area contributed by atoms with Gasteiger partial charge in [-0.05, 0) is 12.1 Å². The average molecular weight is 264 g/mol. The second-order valence-electron chi connectivity index (χ2n) is 4.03. The summed E-state index contributed by atoms with van der Waals surface area (Å²) >= 11 is 0.